The van der Waals surface area contributed by atoms with Crippen molar-refractivity contribution in [3.63, 3.8) is 0 Å². The summed E-state index contributed by atoms with van der Waals surface area (Å²) < 4.78 is 4.96. The van der Waals surface area contributed by atoms with Crippen LogP contribution in [0.1, 0.15) is 10.4 Å². The van der Waals surface area contributed by atoms with Crippen molar-refractivity contribution in [1.82, 2.24) is 0 Å². The van der Waals surface area contributed by atoms with Crippen LogP contribution in [0.25, 0.3) is 0 Å². The second-order valence-corrected chi connectivity index (χ2v) is 3.42. The molecule has 1 aromatic rings. The fourth-order valence-corrected chi connectivity index (χ4v) is 1.59. The number of thiophene rings is 1. The van der Waals surface area contributed by atoms with Crippen LogP contribution >= 0.6 is 11.3 Å². The van der Waals surface area contributed by atoms with Gasteiger partial charge in [-0.3, -0.25) is 0 Å². The summed E-state index contributed by atoms with van der Waals surface area (Å²) >= 11 is 1.80. The Morgan fingerprint density at radius 3 is 2.90 bits per heavy atom. The summed E-state index contributed by atoms with van der Waals surface area (Å²) in [5, 5.41) is 2.19. The highest BCUT2D eigenvalue weighted by Gasteiger charge is 1.93. The zero-order valence-corrected chi connectivity index (χ0v) is 7.20. The van der Waals surface area contributed by atoms with Crippen LogP contribution in [0.3, 0.4) is 0 Å². The first-order valence-electron chi connectivity index (χ1n) is 3.36. The molecule has 1 nitrogen and oxygen atoms in total. The molecule has 0 aliphatic carbocycles. The molecular formula is C8H12OS. The third-order valence-electron chi connectivity index (χ3n) is 1.38. The number of hydrogen-bond acceptors (Lipinski definition) is 2. The number of aryl methyl sites for hydroxylation is 1. The molecule has 10 heavy (non-hydrogen) atoms. The Morgan fingerprint density at radius 2 is 2.40 bits per heavy atom. The zero-order valence-electron chi connectivity index (χ0n) is 6.39. The SMILES string of the molecule is COCCc1csc(C)c1. The number of methoxy groups -OCH3 is 1. The van der Waals surface area contributed by atoms with Crippen LogP contribution in [-0.4, -0.2) is 13.7 Å². The maximum Gasteiger partial charge on any atom is 0.0502 e. The molecule has 0 aliphatic heterocycles. The highest BCUT2D eigenvalue weighted by atomic mass is 32.1. The van der Waals surface area contributed by atoms with Crippen LogP contribution in [0.15, 0.2) is 11.4 Å². The fourth-order valence-electron chi connectivity index (χ4n) is 0.849. The van der Waals surface area contributed by atoms with Crippen molar-refractivity contribution in [2.24, 2.45) is 0 Å². The van der Waals surface area contributed by atoms with E-state index in [4.69, 9.17) is 4.74 Å². The summed E-state index contributed by atoms with van der Waals surface area (Å²) in [5.74, 6) is 0. The Hall–Kier alpha value is -0.340. The van der Waals surface area contributed by atoms with Crippen LogP contribution in [0.5, 0.6) is 0 Å². The lowest BCUT2D eigenvalue weighted by Crippen LogP contribution is -1.91. The van der Waals surface area contributed by atoms with Crippen LogP contribution in [0, 0.1) is 6.92 Å². The Morgan fingerprint density at radius 1 is 1.60 bits per heavy atom. The largest absolute Gasteiger partial charge is 0.384 e. The molecule has 0 amide bonds. The molecule has 0 aliphatic rings. The molecule has 0 unspecified atom stereocenters. The molecule has 0 spiro atoms. The van der Waals surface area contributed by atoms with Crippen LogP contribution in [-0.2, 0) is 11.2 Å². The van der Waals surface area contributed by atoms with Gasteiger partial charge < -0.3 is 4.74 Å². The minimum absolute atomic E-state index is 0.830. The van der Waals surface area contributed by atoms with Crippen molar-refractivity contribution >= 4 is 11.3 Å². The lowest BCUT2D eigenvalue weighted by molar-refractivity contribution is 0.202. The van der Waals surface area contributed by atoms with Gasteiger partial charge >= 0.3 is 0 Å². The van der Waals surface area contributed by atoms with E-state index < -0.39 is 0 Å². The van der Waals surface area contributed by atoms with Crippen molar-refractivity contribution < 1.29 is 4.74 Å². The monoisotopic (exact) mass is 156 g/mol. The zero-order chi connectivity index (χ0) is 7.40. The molecule has 0 radical (unpaired) electrons. The Balaban J connectivity index is 2.42. The van der Waals surface area contributed by atoms with E-state index in [0.29, 0.717) is 0 Å². The molecule has 1 heterocycles. The van der Waals surface area contributed by atoms with E-state index in [2.05, 4.69) is 18.4 Å². The standard InChI is InChI=1S/C8H12OS/c1-7-5-8(6-10-7)3-4-9-2/h5-6H,3-4H2,1-2H3. The Labute approximate surface area is 65.6 Å². The van der Waals surface area contributed by atoms with E-state index in [1.54, 1.807) is 18.4 Å². The van der Waals surface area contributed by atoms with Gasteiger partial charge in [-0.05, 0) is 30.4 Å². The van der Waals surface area contributed by atoms with Gasteiger partial charge in [0.2, 0.25) is 0 Å². The molecule has 0 aromatic carbocycles. The van der Waals surface area contributed by atoms with E-state index in [1.807, 2.05) is 0 Å². The molecule has 1 rings (SSSR count). The van der Waals surface area contributed by atoms with E-state index in [1.165, 1.54) is 10.4 Å². The van der Waals surface area contributed by atoms with E-state index in [-0.39, 0.29) is 0 Å². The van der Waals surface area contributed by atoms with Crippen molar-refractivity contribution in [2.75, 3.05) is 13.7 Å². The van der Waals surface area contributed by atoms with Gasteiger partial charge in [-0.15, -0.1) is 11.3 Å². The van der Waals surface area contributed by atoms with Gasteiger partial charge in [-0.25, -0.2) is 0 Å². The van der Waals surface area contributed by atoms with Gasteiger partial charge in [-0.1, -0.05) is 0 Å². The second kappa shape index (κ2) is 3.74. The molecular weight excluding hydrogens is 144 g/mol. The van der Waals surface area contributed by atoms with Crippen LogP contribution < -0.4 is 0 Å². The fraction of sp³-hybridized carbons (Fsp3) is 0.500. The molecule has 0 fully saturated rings. The van der Waals surface area contributed by atoms with Gasteiger partial charge in [-0.2, -0.15) is 0 Å². The minimum atomic E-state index is 0.830. The normalized spacial score (nSPS) is 10.2. The number of rotatable bonds is 3. The average Bonchev–Trinajstić information content (AvgIpc) is 2.31. The molecule has 56 valence electrons. The first-order valence-corrected chi connectivity index (χ1v) is 4.24. The maximum absolute atomic E-state index is 4.96. The topological polar surface area (TPSA) is 9.23 Å². The van der Waals surface area contributed by atoms with E-state index in [0.717, 1.165) is 13.0 Å². The maximum atomic E-state index is 4.96. The number of hydrogen-bond donors (Lipinski definition) is 0. The van der Waals surface area contributed by atoms with Crippen molar-refractivity contribution in [1.29, 1.82) is 0 Å². The summed E-state index contributed by atoms with van der Waals surface area (Å²) in [6.45, 7) is 2.96. The highest BCUT2D eigenvalue weighted by Crippen LogP contribution is 2.13. The van der Waals surface area contributed by atoms with Gasteiger partial charge in [0.05, 0.1) is 6.61 Å². The highest BCUT2D eigenvalue weighted by molar-refractivity contribution is 7.10. The molecule has 2 heteroatoms. The average molecular weight is 156 g/mol. The smallest absolute Gasteiger partial charge is 0.0502 e. The molecule has 0 atom stereocenters. The van der Waals surface area contributed by atoms with Crippen molar-refractivity contribution in [3.8, 4) is 0 Å². The number of ether oxygens (including phenoxy) is 1. The van der Waals surface area contributed by atoms with Gasteiger partial charge in [0.1, 0.15) is 0 Å². The van der Waals surface area contributed by atoms with Crippen molar-refractivity contribution in [3.05, 3.63) is 21.9 Å². The minimum Gasteiger partial charge on any atom is -0.384 e. The Kier molecular flexibility index (Phi) is 2.90. The van der Waals surface area contributed by atoms with E-state index in [9.17, 15) is 0 Å². The molecule has 0 saturated heterocycles. The molecule has 0 N–H and O–H groups in total. The molecule has 0 saturated carbocycles. The van der Waals surface area contributed by atoms with Gasteiger partial charge in [0, 0.05) is 12.0 Å². The second-order valence-electron chi connectivity index (χ2n) is 2.31. The van der Waals surface area contributed by atoms with E-state index >= 15 is 0 Å². The predicted molar refractivity (Wildman–Crippen MR) is 44.6 cm³/mol. The molecule has 0 bridgehead atoms. The van der Waals surface area contributed by atoms with Gasteiger partial charge in [0.15, 0.2) is 0 Å². The lowest BCUT2D eigenvalue weighted by Gasteiger charge is -1.93. The predicted octanol–water partition coefficient (Wildman–Crippen LogP) is 2.25. The summed E-state index contributed by atoms with van der Waals surface area (Å²) in [7, 11) is 1.74. The van der Waals surface area contributed by atoms with Crippen LogP contribution in [0.4, 0.5) is 0 Å². The first kappa shape index (κ1) is 7.76. The third kappa shape index (κ3) is 2.12. The summed E-state index contributed by atoms with van der Waals surface area (Å²) in [6, 6.07) is 2.21. The molecule has 1 aromatic heterocycles. The summed E-state index contributed by atoms with van der Waals surface area (Å²) in [4.78, 5) is 1.38. The van der Waals surface area contributed by atoms with Crippen LogP contribution in [0.2, 0.25) is 0 Å². The lowest BCUT2D eigenvalue weighted by atomic mass is 10.2. The first-order chi connectivity index (χ1) is 4.83. The summed E-state index contributed by atoms with van der Waals surface area (Å²) in [5.41, 5.74) is 1.39. The quantitative estimate of drug-likeness (QED) is 0.652. The van der Waals surface area contributed by atoms with Gasteiger partial charge in [0.25, 0.3) is 0 Å². The van der Waals surface area contributed by atoms with Crippen molar-refractivity contribution in [2.45, 2.75) is 13.3 Å². The third-order valence-corrected chi connectivity index (χ3v) is 2.29. The Bertz CT molecular complexity index is 193. The summed E-state index contributed by atoms with van der Waals surface area (Å²) in [6.07, 6.45) is 1.04.